The second-order valence-electron chi connectivity index (χ2n) is 11.4. The van der Waals surface area contributed by atoms with E-state index in [9.17, 15) is 4.79 Å². The van der Waals surface area contributed by atoms with E-state index in [1.54, 1.807) is 7.11 Å². The van der Waals surface area contributed by atoms with Crippen molar-refractivity contribution in [2.75, 3.05) is 13.7 Å². The standard InChI is InChI=1S/C33H36IO5/c1-33(25-16-23-15-24(18-25)19-26(33)17-23)39-32(35)21-38-30-9-3-22(4-10-30)20-37-31-13-7-28(8-14-31)34-27-5-11-29(36-2)12-6-27/h3-14,23-26H,15-21H2,1-2H3/q+1. The molecule has 204 valence electrons. The molecule has 0 radical (unpaired) electrons. The van der Waals surface area contributed by atoms with Gasteiger partial charge in [0.25, 0.3) is 0 Å². The molecule has 4 bridgehead atoms. The highest BCUT2D eigenvalue weighted by atomic mass is 127. The number of carbonyl (C=O) groups is 1. The van der Waals surface area contributed by atoms with E-state index in [1.165, 1.54) is 39.2 Å². The van der Waals surface area contributed by atoms with Crippen LogP contribution in [0.25, 0.3) is 0 Å². The molecule has 4 aliphatic rings. The summed E-state index contributed by atoms with van der Waals surface area (Å²) in [5.41, 5.74) is 0.728. The van der Waals surface area contributed by atoms with Crippen molar-refractivity contribution in [3.8, 4) is 17.2 Å². The minimum atomic E-state index is -0.315. The summed E-state index contributed by atoms with van der Waals surface area (Å²) in [4.78, 5) is 12.7. The summed E-state index contributed by atoms with van der Waals surface area (Å²) in [6, 6.07) is 24.4. The van der Waals surface area contributed by atoms with Crippen molar-refractivity contribution in [1.82, 2.24) is 0 Å². The second kappa shape index (κ2) is 11.4. The Morgan fingerprint density at radius 3 is 1.82 bits per heavy atom. The minimum absolute atomic E-state index is 0.0523. The van der Waals surface area contributed by atoms with Gasteiger partial charge in [0.15, 0.2) is 13.7 Å². The molecule has 39 heavy (non-hydrogen) atoms. The smallest absolute Gasteiger partial charge is 0.357 e. The van der Waals surface area contributed by atoms with E-state index in [1.807, 2.05) is 48.5 Å². The first-order valence-electron chi connectivity index (χ1n) is 13.9. The number of rotatable bonds is 10. The van der Waals surface area contributed by atoms with E-state index in [2.05, 4.69) is 31.2 Å². The number of ether oxygens (including phenoxy) is 4. The summed E-state index contributed by atoms with van der Waals surface area (Å²) < 4.78 is 25.8. The quantitative estimate of drug-likeness (QED) is 0.251. The molecule has 0 saturated heterocycles. The molecular formula is C33H36IO5+. The SMILES string of the molecule is COc1ccc([I+]c2ccc(OCc3ccc(OCC(=O)OC4(C)C5CC6CC(C5)CC4C6)cc3)cc2)cc1. The Bertz CT molecular complexity index is 1240. The van der Waals surface area contributed by atoms with E-state index in [4.69, 9.17) is 18.9 Å². The zero-order valence-electron chi connectivity index (χ0n) is 22.6. The second-order valence-corrected chi connectivity index (χ2v) is 14.4. The van der Waals surface area contributed by atoms with Gasteiger partial charge in [-0.3, -0.25) is 0 Å². The Morgan fingerprint density at radius 1 is 0.744 bits per heavy atom. The van der Waals surface area contributed by atoms with Gasteiger partial charge in [0.1, 0.15) is 29.5 Å². The maximum atomic E-state index is 12.7. The molecule has 3 aromatic carbocycles. The summed E-state index contributed by atoms with van der Waals surface area (Å²) >= 11 is -0.239. The van der Waals surface area contributed by atoms with Gasteiger partial charge in [-0.15, -0.1) is 0 Å². The summed E-state index contributed by atoms with van der Waals surface area (Å²) in [6.45, 7) is 2.59. The number of halogens is 1. The van der Waals surface area contributed by atoms with Crippen molar-refractivity contribution in [3.63, 3.8) is 0 Å². The number of esters is 1. The first-order valence-corrected chi connectivity index (χ1v) is 16.1. The van der Waals surface area contributed by atoms with Crippen molar-refractivity contribution in [2.45, 2.75) is 51.2 Å². The molecule has 0 spiro atoms. The summed E-state index contributed by atoms with van der Waals surface area (Å²) in [5.74, 6) is 4.88. The van der Waals surface area contributed by atoms with Gasteiger partial charge in [0.05, 0.1) is 7.11 Å². The molecule has 4 saturated carbocycles. The molecule has 0 aromatic heterocycles. The number of benzene rings is 3. The minimum Gasteiger partial charge on any atom is -0.497 e. The first kappa shape index (κ1) is 26.5. The normalized spacial score (nSPS) is 26.7. The van der Waals surface area contributed by atoms with Gasteiger partial charge in [0, 0.05) is 0 Å². The zero-order chi connectivity index (χ0) is 26.8. The first-order chi connectivity index (χ1) is 19.0. The lowest BCUT2D eigenvalue weighted by Gasteiger charge is -2.59. The van der Waals surface area contributed by atoms with Crippen LogP contribution in [0.15, 0.2) is 72.8 Å². The molecule has 0 aliphatic heterocycles. The van der Waals surface area contributed by atoms with Crippen molar-refractivity contribution >= 4 is 5.97 Å². The van der Waals surface area contributed by atoms with Crippen molar-refractivity contribution in [3.05, 3.63) is 85.5 Å². The third kappa shape index (κ3) is 6.06. The van der Waals surface area contributed by atoms with Crippen molar-refractivity contribution < 1.29 is 44.9 Å². The fourth-order valence-electron chi connectivity index (χ4n) is 6.91. The molecule has 0 atom stereocenters. The highest BCUT2D eigenvalue weighted by Crippen LogP contribution is 2.59. The van der Waals surface area contributed by atoms with Crippen LogP contribution in [0.2, 0.25) is 0 Å². The topological polar surface area (TPSA) is 54.0 Å². The Balaban J connectivity index is 0.950. The Kier molecular flexibility index (Phi) is 7.74. The monoisotopic (exact) mass is 639 g/mol. The lowest BCUT2D eigenvalue weighted by molar-refractivity contribution is -0.597. The third-order valence-corrected chi connectivity index (χ3v) is 11.5. The van der Waals surface area contributed by atoms with Gasteiger partial charge in [0.2, 0.25) is 0 Å². The molecule has 3 aromatic rings. The maximum Gasteiger partial charge on any atom is 0.357 e. The van der Waals surface area contributed by atoms with Crippen LogP contribution in [-0.4, -0.2) is 25.3 Å². The van der Waals surface area contributed by atoms with E-state index in [0.29, 0.717) is 24.2 Å². The molecule has 5 nitrogen and oxygen atoms in total. The fraction of sp³-hybridized carbons (Fsp3) is 0.424. The molecular weight excluding hydrogens is 603 g/mol. The average molecular weight is 640 g/mol. The highest BCUT2D eigenvalue weighted by Gasteiger charge is 2.57. The van der Waals surface area contributed by atoms with E-state index < -0.39 is 0 Å². The Hall–Kier alpha value is -2.74. The molecule has 6 heteroatoms. The maximum absolute atomic E-state index is 12.7. The van der Waals surface area contributed by atoms with Crippen LogP contribution < -0.4 is 35.4 Å². The zero-order valence-corrected chi connectivity index (χ0v) is 24.8. The van der Waals surface area contributed by atoms with Crippen LogP contribution in [0.3, 0.4) is 0 Å². The van der Waals surface area contributed by atoms with Crippen molar-refractivity contribution in [1.29, 1.82) is 0 Å². The number of methoxy groups -OCH3 is 1. The predicted molar refractivity (Wildman–Crippen MR) is 145 cm³/mol. The van der Waals surface area contributed by atoms with E-state index >= 15 is 0 Å². The van der Waals surface area contributed by atoms with Crippen LogP contribution in [0.4, 0.5) is 0 Å². The van der Waals surface area contributed by atoms with Crippen LogP contribution in [0.5, 0.6) is 17.2 Å². The van der Waals surface area contributed by atoms with Gasteiger partial charge in [-0.25, -0.2) is 4.79 Å². The molecule has 0 amide bonds. The third-order valence-electron chi connectivity index (χ3n) is 8.86. The van der Waals surface area contributed by atoms with E-state index in [0.717, 1.165) is 28.9 Å². The molecule has 7 rings (SSSR count). The van der Waals surface area contributed by atoms with E-state index in [-0.39, 0.29) is 39.4 Å². The fourth-order valence-corrected chi connectivity index (χ4v) is 9.06. The molecule has 4 aliphatic carbocycles. The summed E-state index contributed by atoms with van der Waals surface area (Å²) in [6.07, 6.45) is 6.26. The van der Waals surface area contributed by atoms with Gasteiger partial charge < -0.3 is 18.9 Å². The van der Waals surface area contributed by atoms with Crippen LogP contribution in [0, 0.1) is 30.8 Å². The lowest BCUT2D eigenvalue weighted by Crippen LogP contribution is -3.61. The highest BCUT2D eigenvalue weighted by molar-refractivity contribution is 5.71. The number of hydrogen-bond acceptors (Lipinski definition) is 5. The number of carbonyl (C=O) groups excluding carboxylic acids is 1. The largest absolute Gasteiger partial charge is 0.497 e. The predicted octanol–water partition coefficient (Wildman–Crippen LogP) is 3.54. The molecule has 4 fully saturated rings. The van der Waals surface area contributed by atoms with Crippen molar-refractivity contribution in [2.24, 2.45) is 23.7 Å². The van der Waals surface area contributed by atoms with Crippen LogP contribution in [-0.2, 0) is 16.1 Å². The average Bonchev–Trinajstić information content (AvgIpc) is 2.95. The summed E-state index contributed by atoms with van der Waals surface area (Å²) in [5, 5.41) is 0. The molecule has 0 heterocycles. The number of hydrogen-bond donors (Lipinski definition) is 0. The Labute approximate surface area is 241 Å². The van der Waals surface area contributed by atoms with Gasteiger partial charge >= 0.3 is 27.2 Å². The van der Waals surface area contributed by atoms with Gasteiger partial charge in [-0.2, -0.15) is 0 Å². The summed E-state index contributed by atoms with van der Waals surface area (Å²) in [7, 11) is 1.69. The lowest BCUT2D eigenvalue weighted by atomic mass is 9.50. The van der Waals surface area contributed by atoms with Gasteiger partial charge in [-0.05, 0) is 129 Å². The van der Waals surface area contributed by atoms with Gasteiger partial charge in [-0.1, -0.05) is 12.1 Å². The Morgan fingerprint density at radius 2 is 1.26 bits per heavy atom. The molecule has 0 N–H and O–H groups in total. The van der Waals surface area contributed by atoms with Crippen LogP contribution in [0.1, 0.15) is 44.6 Å². The van der Waals surface area contributed by atoms with Crippen LogP contribution >= 0.6 is 0 Å². The molecule has 0 unspecified atom stereocenters.